The van der Waals surface area contributed by atoms with Crippen LogP contribution in [0.3, 0.4) is 0 Å². The summed E-state index contributed by atoms with van der Waals surface area (Å²) in [6.45, 7) is 0.500. The zero-order valence-corrected chi connectivity index (χ0v) is 7.97. The lowest BCUT2D eigenvalue weighted by Crippen LogP contribution is -1.96. The number of methoxy groups -OCH3 is 1. The van der Waals surface area contributed by atoms with Gasteiger partial charge in [-0.15, -0.1) is 11.3 Å². The zero-order chi connectivity index (χ0) is 9.26. The van der Waals surface area contributed by atoms with Crippen molar-refractivity contribution >= 4 is 21.6 Å². The topological polar surface area (TPSA) is 61.0 Å². The predicted octanol–water partition coefficient (Wildman–Crippen LogP) is 1.16. The molecular formula is C8H9N3OS. The molecule has 0 saturated carbocycles. The minimum absolute atomic E-state index is 0.500. The molecule has 0 fully saturated rings. The first-order chi connectivity index (χ1) is 6.36. The van der Waals surface area contributed by atoms with Crippen molar-refractivity contribution in [2.45, 2.75) is 6.54 Å². The van der Waals surface area contributed by atoms with Crippen LogP contribution < -0.4 is 10.5 Å². The summed E-state index contributed by atoms with van der Waals surface area (Å²) >= 11 is 1.56. The average Bonchev–Trinajstić information content (AvgIpc) is 2.60. The number of nitrogens with zero attached hydrogens (tertiary/aromatic N) is 2. The average molecular weight is 195 g/mol. The minimum atomic E-state index is 0.500. The van der Waals surface area contributed by atoms with E-state index in [0.717, 1.165) is 15.8 Å². The van der Waals surface area contributed by atoms with Gasteiger partial charge in [-0.1, -0.05) is 0 Å². The van der Waals surface area contributed by atoms with Crippen LogP contribution in [0.2, 0.25) is 0 Å². The van der Waals surface area contributed by atoms with Crippen molar-refractivity contribution < 1.29 is 4.74 Å². The van der Waals surface area contributed by atoms with Crippen LogP contribution in [0.1, 0.15) is 5.56 Å². The molecule has 0 radical (unpaired) electrons. The molecule has 0 aliphatic carbocycles. The van der Waals surface area contributed by atoms with Crippen LogP contribution in [0.4, 0.5) is 0 Å². The smallest absolute Gasteiger partial charge is 0.234 e. The second-order valence-corrected chi connectivity index (χ2v) is 3.41. The second-order valence-electron chi connectivity index (χ2n) is 2.53. The minimum Gasteiger partial charge on any atom is -0.480 e. The standard InChI is InChI=1S/C8H9N3OS/c1-12-8-7-6(10-4-11-8)5(2-9)3-13-7/h3-4H,2,9H2,1H3. The Bertz CT molecular complexity index is 426. The molecule has 0 amide bonds. The Kier molecular flexibility index (Phi) is 2.12. The van der Waals surface area contributed by atoms with Gasteiger partial charge in [0.05, 0.1) is 12.6 Å². The van der Waals surface area contributed by atoms with Gasteiger partial charge < -0.3 is 10.5 Å². The largest absolute Gasteiger partial charge is 0.480 e. The van der Waals surface area contributed by atoms with Crippen molar-refractivity contribution in [2.75, 3.05) is 7.11 Å². The molecule has 0 aromatic carbocycles. The van der Waals surface area contributed by atoms with E-state index < -0.39 is 0 Å². The molecular weight excluding hydrogens is 186 g/mol. The third kappa shape index (κ3) is 1.26. The molecule has 0 atom stereocenters. The zero-order valence-electron chi connectivity index (χ0n) is 7.15. The highest BCUT2D eigenvalue weighted by atomic mass is 32.1. The van der Waals surface area contributed by atoms with Crippen LogP contribution in [-0.2, 0) is 6.54 Å². The molecule has 5 heteroatoms. The molecule has 2 N–H and O–H groups in total. The summed E-state index contributed by atoms with van der Waals surface area (Å²) in [6, 6.07) is 0. The van der Waals surface area contributed by atoms with E-state index in [2.05, 4.69) is 9.97 Å². The fourth-order valence-electron chi connectivity index (χ4n) is 1.17. The maximum absolute atomic E-state index is 5.56. The third-order valence-corrected chi connectivity index (χ3v) is 2.81. The highest BCUT2D eigenvalue weighted by Gasteiger charge is 2.08. The number of hydrogen-bond acceptors (Lipinski definition) is 5. The van der Waals surface area contributed by atoms with Crippen LogP contribution in [0.15, 0.2) is 11.7 Å². The summed E-state index contributed by atoms with van der Waals surface area (Å²) in [4.78, 5) is 8.17. The molecule has 2 heterocycles. The lowest BCUT2D eigenvalue weighted by Gasteiger charge is -1.98. The Balaban J connectivity index is 2.72. The van der Waals surface area contributed by atoms with E-state index in [1.165, 1.54) is 6.33 Å². The molecule has 0 saturated heterocycles. The summed E-state index contributed by atoms with van der Waals surface area (Å²) in [7, 11) is 1.60. The Morgan fingerprint density at radius 3 is 3.08 bits per heavy atom. The first kappa shape index (κ1) is 8.40. The highest BCUT2D eigenvalue weighted by molar-refractivity contribution is 7.17. The lowest BCUT2D eigenvalue weighted by molar-refractivity contribution is 0.403. The van der Waals surface area contributed by atoms with Gasteiger partial charge in [-0.25, -0.2) is 9.97 Å². The van der Waals surface area contributed by atoms with E-state index in [1.807, 2.05) is 5.38 Å². The fraction of sp³-hybridized carbons (Fsp3) is 0.250. The van der Waals surface area contributed by atoms with Gasteiger partial charge in [-0.3, -0.25) is 0 Å². The van der Waals surface area contributed by atoms with Crippen molar-refractivity contribution in [3.63, 3.8) is 0 Å². The maximum atomic E-state index is 5.56. The molecule has 0 aliphatic heterocycles. The molecule has 0 aliphatic rings. The summed E-state index contributed by atoms with van der Waals surface area (Å²) in [6.07, 6.45) is 1.49. The van der Waals surface area contributed by atoms with Crippen molar-refractivity contribution in [3.05, 3.63) is 17.3 Å². The number of nitrogens with two attached hydrogens (primary N) is 1. The number of fused-ring (bicyclic) bond motifs is 1. The van der Waals surface area contributed by atoms with E-state index in [0.29, 0.717) is 12.4 Å². The van der Waals surface area contributed by atoms with Gasteiger partial charge in [0.25, 0.3) is 0 Å². The molecule has 0 unspecified atom stereocenters. The van der Waals surface area contributed by atoms with E-state index in [-0.39, 0.29) is 0 Å². The van der Waals surface area contributed by atoms with Gasteiger partial charge in [-0.05, 0) is 5.38 Å². The second kappa shape index (κ2) is 3.27. The Labute approximate surface area is 79.4 Å². The molecule has 2 rings (SSSR count). The number of aromatic nitrogens is 2. The molecule has 0 spiro atoms. The number of rotatable bonds is 2. The third-order valence-electron chi connectivity index (χ3n) is 1.81. The fourth-order valence-corrected chi connectivity index (χ4v) is 2.17. The quantitative estimate of drug-likeness (QED) is 0.781. The summed E-state index contributed by atoms with van der Waals surface area (Å²) in [5.74, 6) is 0.620. The van der Waals surface area contributed by atoms with Crippen molar-refractivity contribution in [2.24, 2.45) is 5.73 Å². The summed E-state index contributed by atoms with van der Waals surface area (Å²) < 4.78 is 6.07. The van der Waals surface area contributed by atoms with E-state index >= 15 is 0 Å². The van der Waals surface area contributed by atoms with Crippen molar-refractivity contribution in [3.8, 4) is 5.88 Å². The summed E-state index contributed by atoms with van der Waals surface area (Å²) in [5.41, 5.74) is 7.50. The first-order valence-electron chi connectivity index (χ1n) is 3.82. The van der Waals surface area contributed by atoms with E-state index in [4.69, 9.17) is 10.5 Å². The molecule has 2 aromatic rings. The summed E-state index contributed by atoms with van der Waals surface area (Å²) in [5, 5.41) is 1.99. The Morgan fingerprint density at radius 1 is 1.54 bits per heavy atom. The molecule has 13 heavy (non-hydrogen) atoms. The van der Waals surface area contributed by atoms with Crippen LogP contribution in [0.25, 0.3) is 10.2 Å². The monoisotopic (exact) mass is 195 g/mol. The van der Waals surface area contributed by atoms with Crippen LogP contribution in [-0.4, -0.2) is 17.1 Å². The number of thiophene rings is 1. The normalized spacial score (nSPS) is 10.6. The van der Waals surface area contributed by atoms with Gasteiger partial charge >= 0.3 is 0 Å². The van der Waals surface area contributed by atoms with Gasteiger partial charge in [0, 0.05) is 12.1 Å². The molecule has 0 bridgehead atoms. The molecule has 4 nitrogen and oxygen atoms in total. The van der Waals surface area contributed by atoms with Crippen molar-refractivity contribution in [1.29, 1.82) is 0 Å². The number of ether oxygens (including phenoxy) is 1. The predicted molar refractivity (Wildman–Crippen MR) is 51.9 cm³/mol. The van der Waals surface area contributed by atoms with Crippen molar-refractivity contribution in [1.82, 2.24) is 9.97 Å². The van der Waals surface area contributed by atoms with E-state index in [1.54, 1.807) is 18.4 Å². The number of hydrogen-bond donors (Lipinski definition) is 1. The SMILES string of the molecule is COc1ncnc2c(CN)csc12. The lowest BCUT2D eigenvalue weighted by atomic mass is 10.3. The Morgan fingerprint density at radius 2 is 2.38 bits per heavy atom. The van der Waals surface area contributed by atoms with Crippen LogP contribution in [0.5, 0.6) is 5.88 Å². The van der Waals surface area contributed by atoms with Gasteiger partial charge in [0.2, 0.25) is 5.88 Å². The van der Waals surface area contributed by atoms with E-state index in [9.17, 15) is 0 Å². The molecule has 68 valence electrons. The van der Waals surface area contributed by atoms with Gasteiger partial charge in [0.15, 0.2) is 0 Å². The molecule has 2 aromatic heterocycles. The van der Waals surface area contributed by atoms with Gasteiger partial charge in [0.1, 0.15) is 11.0 Å². The highest BCUT2D eigenvalue weighted by Crippen LogP contribution is 2.29. The van der Waals surface area contributed by atoms with Gasteiger partial charge in [-0.2, -0.15) is 0 Å². The Hall–Kier alpha value is -1.20. The van der Waals surface area contributed by atoms with Crippen LogP contribution >= 0.6 is 11.3 Å². The van der Waals surface area contributed by atoms with Crippen LogP contribution in [0, 0.1) is 0 Å². The maximum Gasteiger partial charge on any atom is 0.234 e. The first-order valence-corrected chi connectivity index (χ1v) is 4.70.